The van der Waals surface area contributed by atoms with Gasteiger partial charge in [0, 0.05) is 50.9 Å². The molecule has 1 aliphatic heterocycles. The van der Waals surface area contributed by atoms with Crippen molar-refractivity contribution in [3.05, 3.63) is 59.7 Å². The Labute approximate surface area is 190 Å². The van der Waals surface area contributed by atoms with Crippen LogP contribution in [0.2, 0.25) is 0 Å². The van der Waals surface area contributed by atoms with E-state index in [-0.39, 0.29) is 29.6 Å². The minimum absolute atomic E-state index is 0.00780. The van der Waals surface area contributed by atoms with Gasteiger partial charge in [0.1, 0.15) is 0 Å². The maximum atomic E-state index is 12.4. The highest BCUT2D eigenvalue weighted by atomic mass is 32.2. The predicted molar refractivity (Wildman–Crippen MR) is 125 cm³/mol. The molecule has 2 aromatic carbocycles. The number of carbonyl (C=O) groups excluding carboxylic acids is 2. The van der Waals surface area contributed by atoms with E-state index in [2.05, 4.69) is 21.8 Å². The van der Waals surface area contributed by atoms with Crippen molar-refractivity contribution < 1.29 is 18.0 Å². The maximum Gasteiger partial charge on any atom is 0.240 e. The molecule has 0 radical (unpaired) electrons. The molecule has 8 heteroatoms. The molecule has 3 rings (SSSR count). The lowest BCUT2D eigenvalue weighted by Crippen LogP contribution is -2.32. The van der Waals surface area contributed by atoms with Gasteiger partial charge in [0.15, 0.2) is 5.78 Å². The lowest BCUT2D eigenvalue weighted by Gasteiger charge is -2.29. The monoisotopic (exact) mass is 457 g/mol. The van der Waals surface area contributed by atoms with E-state index in [9.17, 15) is 18.0 Å². The topological polar surface area (TPSA) is 86.8 Å². The number of hydrogen-bond acceptors (Lipinski definition) is 5. The van der Waals surface area contributed by atoms with Gasteiger partial charge in [0.25, 0.3) is 0 Å². The minimum Gasteiger partial charge on any atom is -0.372 e. The molecule has 0 saturated carbocycles. The van der Waals surface area contributed by atoms with Gasteiger partial charge in [-0.1, -0.05) is 24.3 Å². The van der Waals surface area contributed by atoms with Crippen LogP contribution in [-0.2, 0) is 21.4 Å². The van der Waals surface area contributed by atoms with Crippen LogP contribution in [0.4, 0.5) is 5.69 Å². The molecule has 0 atom stereocenters. The van der Waals surface area contributed by atoms with Crippen LogP contribution in [0.3, 0.4) is 0 Å². The van der Waals surface area contributed by atoms with Crippen molar-refractivity contribution in [1.82, 2.24) is 9.62 Å². The van der Waals surface area contributed by atoms with Gasteiger partial charge in [0.2, 0.25) is 15.9 Å². The van der Waals surface area contributed by atoms with E-state index in [0.717, 1.165) is 18.7 Å². The van der Waals surface area contributed by atoms with Crippen LogP contribution < -0.4 is 9.62 Å². The zero-order valence-electron chi connectivity index (χ0n) is 18.7. The SMILES string of the molecule is CC(=O)c1ccc(S(=O)(=O)NCCC(=O)N(C)Cc2ccc(N3CCCCC3)cc2)cc1. The number of anilines is 1. The molecule has 0 bridgehead atoms. The van der Waals surface area contributed by atoms with Crippen LogP contribution >= 0.6 is 0 Å². The van der Waals surface area contributed by atoms with Crippen molar-refractivity contribution in [1.29, 1.82) is 0 Å². The second-order valence-electron chi connectivity index (χ2n) is 8.19. The number of carbonyl (C=O) groups is 2. The van der Waals surface area contributed by atoms with Gasteiger partial charge >= 0.3 is 0 Å². The Morgan fingerprint density at radius 2 is 1.59 bits per heavy atom. The summed E-state index contributed by atoms with van der Waals surface area (Å²) >= 11 is 0. The molecule has 0 aliphatic carbocycles. The summed E-state index contributed by atoms with van der Waals surface area (Å²) in [6.07, 6.45) is 3.82. The lowest BCUT2D eigenvalue weighted by molar-refractivity contribution is -0.130. The Kier molecular flexibility index (Phi) is 8.04. The molecular formula is C24H31N3O4S. The van der Waals surface area contributed by atoms with Gasteiger partial charge in [-0.15, -0.1) is 0 Å². The Hall–Kier alpha value is -2.71. The standard InChI is InChI=1S/C24H31N3O4S/c1-19(28)21-8-12-23(13-9-21)32(30,31)25-15-14-24(29)26(2)18-20-6-10-22(11-7-20)27-16-4-3-5-17-27/h6-13,25H,3-5,14-18H2,1-2H3. The Morgan fingerprint density at radius 1 is 0.969 bits per heavy atom. The lowest BCUT2D eigenvalue weighted by atomic mass is 10.1. The molecule has 7 nitrogen and oxygen atoms in total. The molecule has 1 saturated heterocycles. The first-order valence-electron chi connectivity index (χ1n) is 10.9. The summed E-state index contributed by atoms with van der Waals surface area (Å²) in [5.41, 5.74) is 2.70. The number of nitrogens with one attached hydrogen (secondary N) is 1. The third kappa shape index (κ3) is 6.40. The van der Waals surface area contributed by atoms with Gasteiger partial charge in [-0.05, 0) is 56.0 Å². The predicted octanol–water partition coefficient (Wildman–Crippen LogP) is 3.21. The van der Waals surface area contributed by atoms with E-state index < -0.39 is 10.0 Å². The molecule has 2 aromatic rings. The number of benzene rings is 2. The van der Waals surface area contributed by atoms with E-state index >= 15 is 0 Å². The van der Waals surface area contributed by atoms with Crippen LogP contribution in [0, 0.1) is 0 Å². The van der Waals surface area contributed by atoms with Crippen molar-refractivity contribution in [2.45, 2.75) is 44.0 Å². The maximum absolute atomic E-state index is 12.4. The van der Waals surface area contributed by atoms with Crippen LogP contribution in [0.15, 0.2) is 53.4 Å². The largest absolute Gasteiger partial charge is 0.372 e. The number of piperidine rings is 1. The van der Waals surface area contributed by atoms with Gasteiger partial charge < -0.3 is 9.80 Å². The molecule has 0 spiro atoms. The molecule has 172 valence electrons. The van der Waals surface area contributed by atoms with E-state index in [0.29, 0.717) is 12.1 Å². The highest BCUT2D eigenvalue weighted by molar-refractivity contribution is 7.89. The summed E-state index contributed by atoms with van der Waals surface area (Å²) in [6.45, 7) is 4.09. The zero-order chi connectivity index (χ0) is 23.1. The quantitative estimate of drug-likeness (QED) is 0.585. The third-order valence-corrected chi connectivity index (χ3v) is 7.18. The summed E-state index contributed by atoms with van der Waals surface area (Å²) in [7, 11) is -2.02. The van der Waals surface area contributed by atoms with Crippen molar-refractivity contribution in [3.63, 3.8) is 0 Å². The summed E-state index contributed by atoms with van der Waals surface area (Å²) in [5, 5.41) is 0. The molecule has 1 fully saturated rings. The smallest absolute Gasteiger partial charge is 0.240 e. The Morgan fingerprint density at radius 3 is 2.19 bits per heavy atom. The fourth-order valence-electron chi connectivity index (χ4n) is 3.76. The van der Waals surface area contributed by atoms with E-state index in [1.54, 1.807) is 11.9 Å². The molecule has 1 amide bonds. The first-order chi connectivity index (χ1) is 15.3. The van der Waals surface area contributed by atoms with E-state index in [1.165, 1.54) is 56.1 Å². The first-order valence-corrected chi connectivity index (χ1v) is 12.4. The highest BCUT2D eigenvalue weighted by Crippen LogP contribution is 2.20. The fourth-order valence-corrected chi connectivity index (χ4v) is 4.79. The Bertz CT molecular complexity index is 1030. The number of nitrogens with zero attached hydrogens (tertiary/aromatic N) is 2. The van der Waals surface area contributed by atoms with Crippen LogP contribution in [0.1, 0.15) is 48.5 Å². The minimum atomic E-state index is -3.74. The van der Waals surface area contributed by atoms with E-state index in [1.807, 2.05) is 12.1 Å². The fraction of sp³-hybridized carbons (Fsp3) is 0.417. The Balaban J connectivity index is 1.47. The van der Waals surface area contributed by atoms with Crippen LogP contribution in [0.5, 0.6) is 0 Å². The zero-order valence-corrected chi connectivity index (χ0v) is 19.5. The molecule has 1 aliphatic rings. The van der Waals surface area contributed by atoms with Crippen molar-refractivity contribution in [2.24, 2.45) is 0 Å². The molecule has 0 unspecified atom stereocenters. The summed E-state index contributed by atoms with van der Waals surface area (Å²) in [5.74, 6) is -0.267. The first kappa shape index (κ1) is 23.9. The summed E-state index contributed by atoms with van der Waals surface area (Å²) in [4.78, 5) is 27.8. The van der Waals surface area contributed by atoms with Gasteiger partial charge in [-0.2, -0.15) is 0 Å². The second-order valence-corrected chi connectivity index (χ2v) is 9.96. The normalized spacial score (nSPS) is 14.2. The number of ketones is 1. The molecule has 1 N–H and O–H groups in total. The highest BCUT2D eigenvalue weighted by Gasteiger charge is 2.16. The molecular weight excluding hydrogens is 426 g/mol. The van der Waals surface area contributed by atoms with Gasteiger partial charge in [-0.3, -0.25) is 9.59 Å². The molecule has 32 heavy (non-hydrogen) atoms. The van der Waals surface area contributed by atoms with Crippen molar-refractivity contribution >= 4 is 27.4 Å². The van der Waals surface area contributed by atoms with Gasteiger partial charge in [0.05, 0.1) is 4.90 Å². The number of hydrogen-bond donors (Lipinski definition) is 1. The van der Waals surface area contributed by atoms with Crippen LogP contribution in [0.25, 0.3) is 0 Å². The average Bonchev–Trinajstić information content (AvgIpc) is 2.80. The number of sulfonamides is 1. The number of rotatable bonds is 9. The van der Waals surface area contributed by atoms with Crippen molar-refractivity contribution in [2.75, 3.05) is 31.6 Å². The second kappa shape index (κ2) is 10.7. The van der Waals surface area contributed by atoms with Gasteiger partial charge in [-0.25, -0.2) is 13.1 Å². The summed E-state index contributed by atoms with van der Waals surface area (Å²) < 4.78 is 27.2. The molecule has 1 heterocycles. The molecule has 0 aromatic heterocycles. The summed E-state index contributed by atoms with van der Waals surface area (Å²) in [6, 6.07) is 14.0. The number of Topliss-reactive ketones (excluding diaryl/α,β-unsaturated/α-hetero) is 1. The third-order valence-electron chi connectivity index (χ3n) is 5.71. The van der Waals surface area contributed by atoms with Crippen molar-refractivity contribution in [3.8, 4) is 0 Å². The number of amides is 1. The van der Waals surface area contributed by atoms with Crippen LogP contribution in [-0.4, -0.2) is 51.7 Å². The average molecular weight is 458 g/mol. The van der Waals surface area contributed by atoms with E-state index in [4.69, 9.17) is 0 Å².